The van der Waals surface area contributed by atoms with E-state index in [0.29, 0.717) is 26.2 Å². The third-order valence-corrected chi connectivity index (χ3v) is 7.77. The lowest BCUT2D eigenvalue weighted by Crippen LogP contribution is -2.47. The number of nitrogens with zero attached hydrogens (tertiary/aromatic N) is 5. The van der Waals surface area contributed by atoms with Crippen molar-refractivity contribution in [1.82, 2.24) is 23.5 Å². The third kappa shape index (κ3) is 4.11. The van der Waals surface area contributed by atoms with Crippen molar-refractivity contribution in [3.05, 3.63) is 17.1 Å². The maximum atomic E-state index is 12.9. The van der Waals surface area contributed by atoms with E-state index in [1.54, 1.807) is 4.31 Å². The predicted molar refractivity (Wildman–Crippen MR) is 107 cm³/mol. The summed E-state index contributed by atoms with van der Waals surface area (Å²) in [4.78, 5) is 11.9. The molecule has 1 atom stereocenters. The van der Waals surface area contributed by atoms with Crippen LogP contribution in [0.3, 0.4) is 0 Å². The molecule has 0 radical (unpaired) electrons. The summed E-state index contributed by atoms with van der Waals surface area (Å²) in [5.74, 6) is 1.70. The largest absolute Gasteiger partial charge is 0.373 e. The normalized spacial score (nSPS) is 22.0. The maximum absolute atomic E-state index is 12.9. The lowest BCUT2D eigenvalue weighted by molar-refractivity contribution is 0.280. The Balaban J connectivity index is 1.87. The average Bonchev–Trinajstić information content (AvgIpc) is 2.67. The minimum absolute atomic E-state index is 0.0359. The fourth-order valence-corrected chi connectivity index (χ4v) is 5.75. The molecule has 3 rings (SSSR count). The zero-order valence-corrected chi connectivity index (χ0v) is 17.7. The third-order valence-electron chi connectivity index (χ3n) is 5.62. The molecule has 0 amide bonds. The number of rotatable bonds is 6. The molecule has 27 heavy (non-hydrogen) atoms. The van der Waals surface area contributed by atoms with Crippen molar-refractivity contribution in [2.24, 2.45) is 0 Å². The van der Waals surface area contributed by atoms with Gasteiger partial charge in [0, 0.05) is 57.8 Å². The molecule has 1 aromatic rings. The lowest BCUT2D eigenvalue weighted by Gasteiger charge is -2.35. The Morgan fingerprint density at radius 1 is 1.22 bits per heavy atom. The van der Waals surface area contributed by atoms with Gasteiger partial charge >= 0.3 is 0 Å². The minimum atomic E-state index is -3.42. The molecule has 0 bridgehead atoms. The van der Waals surface area contributed by atoms with Crippen LogP contribution in [0.5, 0.6) is 0 Å². The second-order valence-electron chi connectivity index (χ2n) is 7.38. The van der Waals surface area contributed by atoms with Crippen LogP contribution in [0.2, 0.25) is 0 Å². The van der Waals surface area contributed by atoms with Crippen LogP contribution in [0.25, 0.3) is 0 Å². The lowest BCUT2D eigenvalue weighted by atomic mass is 9.97. The summed E-state index contributed by atoms with van der Waals surface area (Å²) < 4.78 is 29.0. The molecule has 0 saturated carbocycles. The quantitative estimate of drug-likeness (QED) is 0.780. The molecule has 152 valence electrons. The van der Waals surface area contributed by atoms with E-state index in [4.69, 9.17) is 9.97 Å². The first-order chi connectivity index (χ1) is 12.9. The van der Waals surface area contributed by atoms with Crippen LogP contribution < -0.4 is 5.32 Å². The smallest absolute Gasteiger partial charge is 0.281 e. The fraction of sp³-hybridized carbons (Fsp3) is 0.778. The molecule has 8 nitrogen and oxygen atoms in total. The molecule has 1 N–H and O–H groups in total. The van der Waals surface area contributed by atoms with Gasteiger partial charge in [-0.15, -0.1) is 0 Å². The number of fused-ring (bicyclic) bond motifs is 1. The highest BCUT2D eigenvalue weighted by atomic mass is 32.2. The summed E-state index contributed by atoms with van der Waals surface area (Å²) in [5.41, 5.74) is 2.27. The van der Waals surface area contributed by atoms with Gasteiger partial charge in [0.05, 0.1) is 5.69 Å². The summed E-state index contributed by atoms with van der Waals surface area (Å²) in [7, 11) is 0.572. The second kappa shape index (κ2) is 8.38. The number of hydrogen-bond donors (Lipinski definition) is 1. The van der Waals surface area contributed by atoms with Gasteiger partial charge in [-0.05, 0) is 26.3 Å². The van der Waals surface area contributed by atoms with Crippen LogP contribution in [-0.2, 0) is 23.2 Å². The molecule has 0 aliphatic carbocycles. The molecule has 1 aromatic heterocycles. The van der Waals surface area contributed by atoms with Gasteiger partial charge in [-0.3, -0.25) is 0 Å². The topological polar surface area (TPSA) is 81.7 Å². The van der Waals surface area contributed by atoms with Crippen LogP contribution >= 0.6 is 0 Å². The van der Waals surface area contributed by atoms with Crippen LogP contribution in [0.1, 0.15) is 49.7 Å². The summed E-state index contributed by atoms with van der Waals surface area (Å²) in [6.07, 6.45) is 2.69. The van der Waals surface area contributed by atoms with Gasteiger partial charge in [0.2, 0.25) is 0 Å². The monoisotopic (exact) mass is 396 g/mol. The van der Waals surface area contributed by atoms with Gasteiger partial charge in [0.1, 0.15) is 11.6 Å². The molecule has 3 heterocycles. The van der Waals surface area contributed by atoms with E-state index in [2.05, 4.69) is 17.3 Å². The van der Waals surface area contributed by atoms with Crippen molar-refractivity contribution in [2.75, 3.05) is 52.1 Å². The zero-order valence-electron chi connectivity index (χ0n) is 16.9. The summed E-state index contributed by atoms with van der Waals surface area (Å²) in [6, 6.07) is 0. The standard InChI is InChI=1S/C18H32N6O2S/c1-5-23(6-2)27(25,26)24-10-7-8-14(12-24)17-20-16-13-22(4)11-9-15(16)18(19-3)21-17/h14H,5-13H2,1-4H3,(H,19,20,21). The van der Waals surface area contributed by atoms with Crippen LogP contribution in [0, 0.1) is 0 Å². The fourth-order valence-electron chi connectivity index (χ4n) is 4.05. The highest BCUT2D eigenvalue weighted by Gasteiger charge is 2.34. The number of hydrogen-bond acceptors (Lipinski definition) is 6. The first kappa shape index (κ1) is 20.4. The Bertz CT molecular complexity index is 765. The maximum Gasteiger partial charge on any atom is 0.281 e. The highest BCUT2D eigenvalue weighted by Crippen LogP contribution is 2.30. The molecule has 9 heteroatoms. The number of nitrogens with one attached hydrogen (secondary N) is 1. The SMILES string of the molecule is CCN(CC)S(=O)(=O)N1CCCC(c2nc3c(c(NC)n2)CCN(C)C3)C1. The zero-order chi connectivity index (χ0) is 19.6. The first-order valence-electron chi connectivity index (χ1n) is 9.91. The second-order valence-corrected chi connectivity index (χ2v) is 9.31. The molecular weight excluding hydrogens is 364 g/mol. The number of likely N-dealkylation sites (N-methyl/N-ethyl adjacent to an activating group) is 1. The predicted octanol–water partition coefficient (Wildman–Crippen LogP) is 1.27. The van der Waals surface area contributed by atoms with E-state index in [1.807, 2.05) is 20.9 Å². The number of anilines is 1. The van der Waals surface area contributed by atoms with E-state index in [-0.39, 0.29) is 5.92 Å². The Kier molecular flexibility index (Phi) is 6.35. The van der Waals surface area contributed by atoms with E-state index in [0.717, 1.165) is 49.7 Å². The summed E-state index contributed by atoms with van der Waals surface area (Å²) in [6.45, 7) is 7.59. The molecule has 2 aliphatic heterocycles. The molecule has 1 fully saturated rings. The van der Waals surface area contributed by atoms with Crippen molar-refractivity contribution < 1.29 is 8.42 Å². The molecule has 0 aromatic carbocycles. The van der Waals surface area contributed by atoms with Gasteiger partial charge in [-0.2, -0.15) is 17.0 Å². The minimum Gasteiger partial charge on any atom is -0.373 e. The van der Waals surface area contributed by atoms with Crippen LogP contribution in [0.15, 0.2) is 0 Å². The summed E-state index contributed by atoms with van der Waals surface area (Å²) >= 11 is 0. The van der Waals surface area contributed by atoms with Gasteiger partial charge in [-0.1, -0.05) is 13.8 Å². The first-order valence-corrected chi connectivity index (χ1v) is 11.3. The van der Waals surface area contributed by atoms with Gasteiger partial charge < -0.3 is 10.2 Å². The Labute approximate surface area is 163 Å². The molecular formula is C18H32N6O2S. The van der Waals surface area contributed by atoms with Crippen LogP contribution in [0.4, 0.5) is 5.82 Å². The van der Waals surface area contributed by atoms with E-state index in [9.17, 15) is 8.42 Å². The molecule has 2 aliphatic rings. The highest BCUT2D eigenvalue weighted by molar-refractivity contribution is 7.86. The van der Waals surface area contributed by atoms with Gasteiger partial charge in [0.15, 0.2) is 0 Å². The van der Waals surface area contributed by atoms with Crippen molar-refractivity contribution in [2.45, 2.75) is 45.6 Å². The van der Waals surface area contributed by atoms with Crippen molar-refractivity contribution >= 4 is 16.0 Å². The van der Waals surface area contributed by atoms with Crippen molar-refractivity contribution in [3.63, 3.8) is 0 Å². The van der Waals surface area contributed by atoms with Gasteiger partial charge in [0.25, 0.3) is 10.2 Å². The Hall–Kier alpha value is -1.29. The molecule has 1 saturated heterocycles. The molecule has 0 spiro atoms. The van der Waals surface area contributed by atoms with E-state index >= 15 is 0 Å². The number of piperidine rings is 1. The molecule has 1 unspecified atom stereocenters. The van der Waals surface area contributed by atoms with Crippen molar-refractivity contribution in [1.29, 1.82) is 0 Å². The van der Waals surface area contributed by atoms with E-state index < -0.39 is 10.2 Å². The van der Waals surface area contributed by atoms with Gasteiger partial charge in [-0.25, -0.2) is 9.97 Å². The average molecular weight is 397 g/mol. The van der Waals surface area contributed by atoms with E-state index in [1.165, 1.54) is 9.87 Å². The Morgan fingerprint density at radius 3 is 2.63 bits per heavy atom. The Morgan fingerprint density at radius 2 is 1.96 bits per heavy atom. The number of aromatic nitrogens is 2. The summed E-state index contributed by atoms with van der Waals surface area (Å²) in [5, 5.41) is 3.22. The van der Waals surface area contributed by atoms with Crippen LogP contribution in [-0.4, -0.2) is 78.7 Å². The van der Waals surface area contributed by atoms with Crippen molar-refractivity contribution in [3.8, 4) is 0 Å².